The fraction of sp³-hybridized carbons (Fsp3) is 0. The number of rotatable bonds is 1. The van der Waals surface area contributed by atoms with Gasteiger partial charge >= 0.3 is 0 Å². The minimum Gasteiger partial charge on any atom is -0.504 e. The summed E-state index contributed by atoms with van der Waals surface area (Å²) in [5.74, 6) is 0.0492. The standard InChI is InChI=1S/C7H5Br2NOS/c1-2-10-5(9)3-4(8)6(11)7(10)12/h2-3,11H,1H2. The SMILES string of the molecule is C=Cn1c(Br)cc(Br)c(O)c1=S. The molecule has 0 aliphatic heterocycles. The number of halogens is 2. The molecule has 0 amide bonds. The molecule has 0 unspecified atom stereocenters. The first-order valence-electron chi connectivity index (χ1n) is 3.00. The van der Waals surface area contributed by atoms with Crippen molar-refractivity contribution in [1.29, 1.82) is 0 Å². The number of aromatic hydroxyl groups is 1. The Kier molecular flexibility index (Phi) is 3.09. The zero-order valence-corrected chi connectivity index (χ0v) is 9.91. The predicted molar refractivity (Wildman–Crippen MR) is 58.7 cm³/mol. The second-order valence-corrected chi connectivity index (χ2v) is 4.07. The third-order valence-corrected chi connectivity index (χ3v) is 2.91. The molecule has 0 spiro atoms. The smallest absolute Gasteiger partial charge is 0.165 e. The number of pyridine rings is 1. The van der Waals surface area contributed by atoms with Crippen molar-refractivity contribution in [3.63, 3.8) is 0 Å². The molecule has 5 heteroatoms. The average Bonchev–Trinajstić information content (AvgIpc) is 2.01. The average molecular weight is 311 g/mol. The van der Waals surface area contributed by atoms with E-state index in [0.717, 1.165) is 4.60 Å². The van der Waals surface area contributed by atoms with Crippen LogP contribution in [-0.2, 0) is 0 Å². The van der Waals surface area contributed by atoms with Crippen molar-refractivity contribution < 1.29 is 5.11 Å². The van der Waals surface area contributed by atoms with Gasteiger partial charge in [-0.1, -0.05) is 18.8 Å². The lowest BCUT2D eigenvalue weighted by molar-refractivity contribution is 0.464. The summed E-state index contributed by atoms with van der Waals surface area (Å²) in [6.45, 7) is 3.56. The normalized spacial score (nSPS) is 9.83. The Labute approximate surface area is 91.8 Å². The van der Waals surface area contributed by atoms with E-state index in [2.05, 4.69) is 38.4 Å². The van der Waals surface area contributed by atoms with Crippen molar-refractivity contribution in [2.75, 3.05) is 0 Å². The molecule has 1 N–H and O–H groups in total. The van der Waals surface area contributed by atoms with Gasteiger partial charge < -0.3 is 5.11 Å². The summed E-state index contributed by atoms with van der Waals surface area (Å²) in [7, 11) is 0. The summed E-state index contributed by atoms with van der Waals surface area (Å²) < 4.78 is 3.20. The fourth-order valence-electron chi connectivity index (χ4n) is 0.726. The van der Waals surface area contributed by atoms with Crippen LogP contribution in [0.4, 0.5) is 0 Å². The van der Waals surface area contributed by atoms with Crippen molar-refractivity contribution in [3.8, 4) is 5.75 Å². The van der Waals surface area contributed by atoms with Crippen LogP contribution in [0.5, 0.6) is 5.75 Å². The molecule has 2 nitrogen and oxygen atoms in total. The van der Waals surface area contributed by atoms with Gasteiger partial charge in [0.2, 0.25) is 0 Å². The van der Waals surface area contributed by atoms with E-state index >= 15 is 0 Å². The highest BCUT2D eigenvalue weighted by molar-refractivity contribution is 9.11. The lowest BCUT2D eigenvalue weighted by Gasteiger charge is -2.05. The van der Waals surface area contributed by atoms with Gasteiger partial charge in [-0.05, 0) is 37.9 Å². The highest BCUT2D eigenvalue weighted by Gasteiger charge is 2.05. The third-order valence-electron chi connectivity index (χ3n) is 1.31. The Morgan fingerprint density at radius 2 is 2.17 bits per heavy atom. The minimum atomic E-state index is 0.0492. The van der Waals surface area contributed by atoms with E-state index in [1.54, 1.807) is 10.6 Å². The Morgan fingerprint density at radius 1 is 1.58 bits per heavy atom. The van der Waals surface area contributed by atoms with Gasteiger partial charge in [-0.3, -0.25) is 4.57 Å². The van der Waals surface area contributed by atoms with E-state index < -0.39 is 0 Å². The summed E-state index contributed by atoms with van der Waals surface area (Å²) >= 11 is 11.4. The molecule has 1 rings (SSSR count). The lowest BCUT2D eigenvalue weighted by atomic mass is 10.4. The second-order valence-electron chi connectivity index (χ2n) is 2.02. The summed E-state index contributed by atoms with van der Waals surface area (Å²) in [6, 6.07) is 1.70. The van der Waals surface area contributed by atoms with E-state index in [-0.39, 0.29) is 5.75 Å². The quantitative estimate of drug-likeness (QED) is 0.634. The number of hydrogen-bond acceptors (Lipinski definition) is 2. The monoisotopic (exact) mass is 309 g/mol. The maximum absolute atomic E-state index is 9.40. The minimum absolute atomic E-state index is 0.0492. The van der Waals surface area contributed by atoms with Gasteiger partial charge in [0, 0.05) is 6.20 Å². The number of hydrogen-bond donors (Lipinski definition) is 1. The Balaban J connectivity index is 3.63. The van der Waals surface area contributed by atoms with Crippen LogP contribution in [0.3, 0.4) is 0 Å². The number of aromatic nitrogens is 1. The molecule has 0 radical (unpaired) electrons. The van der Waals surface area contributed by atoms with Crippen LogP contribution in [0.15, 0.2) is 21.7 Å². The zero-order chi connectivity index (χ0) is 9.30. The largest absolute Gasteiger partial charge is 0.504 e. The van der Waals surface area contributed by atoms with E-state index in [1.165, 1.54) is 6.20 Å². The van der Waals surface area contributed by atoms with Crippen molar-refractivity contribution in [3.05, 3.63) is 26.4 Å². The predicted octanol–water partition coefficient (Wildman–Crippen LogP) is 3.55. The van der Waals surface area contributed by atoms with Crippen LogP contribution >= 0.6 is 44.1 Å². The van der Waals surface area contributed by atoms with Crippen molar-refractivity contribution >= 4 is 50.3 Å². The molecule has 1 aromatic heterocycles. The zero-order valence-electron chi connectivity index (χ0n) is 5.92. The summed E-state index contributed by atoms with van der Waals surface area (Å²) in [5.41, 5.74) is 0. The van der Waals surface area contributed by atoms with Gasteiger partial charge in [-0.25, -0.2) is 0 Å². The van der Waals surface area contributed by atoms with Crippen molar-refractivity contribution in [2.24, 2.45) is 0 Å². The van der Waals surface area contributed by atoms with Crippen LogP contribution in [0.2, 0.25) is 0 Å². The topological polar surface area (TPSA) is 25.2 Å². The maximum atomic E-state index is 9.40. The van der Waals surface area contributed by atoms with Crippen molar-refractivity contribution in [1.82, 2.24) is 4.57 Å². The van der Waals surface area contributed by atoms with Gasteiger partial charge in [0.05, 0.1) is 9.08 Å². The third kappa shape index (κ3) is 1.62. The molecule has 0 bridgehead atoms. The molecule has 0 atom stereocenters. The lowest BCUT2D eigenvalue weighted by Crippen LogP contribution is -1.92. The van der Waals surface area contributed by atoms with Crippen LogP contribution < -0.4 is 0 Å². The Bertz CT molecular complexity index is 386. The van der Waals surface area contributed by atoms with Crippen LogP contribution in [-0.4, -0.2) is 9.67 Å². The Morgan fingerprint density at radius 3 is 2.67 bits per heavy atom. The molecule has 0 aliphatic carbocycles. The molecule has 1 aromatic rings. The van der Waals surface area contributed by atoms with Gasteiger partial charge in [0.1, 0.15) is 0 Å². The van der Waals surface area contributed by atoms with Gasteiger partial charge in [0.25, 0.3) is 0 Å². The molecule has 1 heterocycles. The van der Waals surface area contributed by atoms with Crippen LogP contribution in [0, 0.1) is 4.64 Å². The molecular formula is C7H5Br2NOS. The van der Waals surface area contributed by atoms with Gasteiger partial charge in [-0.2, -0.15) is 0 Å². The number of nitrogens with zero attached hydrogens (tertiary/aromatic N) is 1. The molecule has 0 aliphatic rings. The molecule has 12 heavy (non-hydrogen) atoms. The first kappa shape index (κ1) is 9.95. The van der Waals surface area contributed by atoms with Crippen LogP contribution in [0.1, 0.15) is 0 Å². The molecular weight excluding hydrogens is 306 g/mol. The highest BCUT2D eigenvalue weighted by Crippen LogP contribution is 2.28. The molecule has 0 saturated heterocycles. The Hall–Kier alpha value is -0.130. The second kappa shape index (κ2) is 3.72. The van der Waals surface area contributed by atoms with Gasteiger partial charge in [0.15, 0.2) is 10.4 Å². The summed E-state index contributed by atoms with van der Waals surface area (Å²) in [4.78, 5) is 0. The van der Waals surface area contributed by atoms with E-state index in [1.807, 2.05) is 0 Å². The van der Waals surface area contributed by atoms with E-state index in [0.29, 0.717) is 9.11 Å². The summed E-state index contributed by atoms with van der Waals surface area (Å²) in [6.07, 6.45) is 1.53. The van der Waals surface area contributed by atoms with E-state index in [9.17, 15) is 5.11 Å². The first-order chi connectivity index (χ1) is 5.57. The molecule has 0 aromatic carbocycles. The molecule has 0 fully saturated rings. The first-order valence-corrected chi connectivity index (χ1v) is 4.99. The van der Waals surface area contributed by atoms with Crippen molar-refractivity contribution in [2.45, 2.75) is 0 Å². The maximum Gasteiger partial charge on any atom is 0.165 e. The molecule has 0 saturated carbocycles. The van der Waals surface area contributed by atoms with Crippen LogP contribution in [0.25, 0.3) is 6.20 Å². The van der Waals surface area contributed by atoms with Gasteiger partial charge in [-0.15, -0.1) is 0 Å². The van der Waals surface area contributed by atoms with E-state index in [4.69, 9.17) is 12.2 Å². The fourth-order valence-corrected chi connectivity index (χ4v) is 2.52. The molecule has 64 valence electrons. The highest BCUT2D eigenvalue weighted by atomic mass is 79.9. The summed E-state index contributed by atoms with van der Waals surface area (Å²) in [5, 5.41) is 9.40.